The molecule has 1 saturated carbocycles. The minimum atomic E-state index is -0.663. The Morgan fingerprint density at radius 2 is 1.95 bits per heavy atom. The molecule has 2 amide bonds. The Balaban J connectivity index is 1.26. The van der Waals surface area contributed by atoms with Gasteiger partial charge in [-0.05, 0) is 62.4 Å². The number of nitrogens with zero attached hydrogens (tertiary/aromatic N) is 3. The number of aromatic hydroxyl groups is 1. The van der Waals surface area contributed by atoms with Crippen LogP contribution in [0.25, 0.3) is 10.9 Å². The zero-order valence-electron chi connectivity index (χ0n) is 20.9. The van der Waals surface area contributed by atoms with Gasteiger partial charge in [0.15, 0.2) is 0 Å². The summed E-state index contributed by atoms with van der Waals surface area (Å²) in [4.78, 5) is 35.8. The van der Waals surface area contributed by atoms with Gasteiger partial charge < -0.3 is 20.5 Å². The zero-order chi connectivity index (χ0) is 26.3. The maximum Gasteiger partial charge on any atom is 0.407 e. The number of phenolic OH excluding ortho intramolecular Hbond substituents is 1. The van der Waals surface area contributed by atoms with Crippen LogP contribution in [-0.4, -0.2) is 63.3 Å². The van der Waals surface area contributed by atoms with Gasteiger partial charge in [-0.2, -0.15) is 0 Å². The molecule has 2 aromatic heterocycles. The quantitative estimate of drug-likeness (QED) is 0.451. The van der Waals surface area contributed by atoms with Crippen molar-refractivity contribution in [3.8, 4) is 5.75 Å². The smallest absolute Gasteiger partial charge is 0.407 e. The van der Waals surface area contributed by atoms with Crippen molar-refractivity contribution in [1.82, 2.24) is 25.5 Å². The first-order chi connectivity index (χ1) is 17.6. The molecular weight excluding hydrogens is 494 g/mol. The third-order valence-electron chi connectivity index (χ3n) is 6.80. The highest BCUT2D eigenvalue weighted by atomic mass is 35.5. The number of hydrogen-bond acceptors (Lipinski definition) is 7. The SMILES string of the molecule is CC(C)(C)OC(=O)NC1C2CN(CC(=O)NC(c3cccnc3)c3cc(Cl)c4cccnc4c3O)CC21. The van der Waals surface area contributed by atoms with Crippen molar-refractivity contribution in [2.75, 3.05) is 19.6 Å². The number of rotatable bonds is 6. The van der Waals surface area contributed by atoms with Crippen LogP contribution in [0.15, 0.2) is 48.9 Å². The van der Waals surface area contributed by atoms with E-state index in [0.29, 0.717) is 52.0 Å². The molecule has 3 aromatic rings. The number of phenols is 1. The van der Waals surface area contributed by atoms with Gasteiger partial charge in [-0.1, -0.05) is 17.7 Å². The maximum absolute atomic E-state index is 13.2. The van der Waals surface area contributed by atoms with Crippen LogP contribution < -0.4 is 10.6 Å². The number of alkyl carbamates (subject to hydrolysis) is 1. The number of fused-ring (bicyclic) bond motifs is 2. The molecule has 0 radical (unpaired) electrons. The highest BCUT2D eigenvalue weighted by Crippen LogP contribution is 2.45. The van der Waals surface area contributed by atoms with Crippen LogP contribution in [0.5, 0.6) is 5.75 Å². The molecule has 2 aliphatic rings. The summed E-state index contributed by atoms with van der Waals surface area (Å²) >= 11 is 6.52. The van der Waals surface area contributed by atoms with E-state index in [-0.39, 0.29) is 24.2 Å². The van der Waals surface area contributed by atoms with Gasteiger partial charge in [0, 0.05) is 48.7 Å². The lowest BCUT2D eigenvalue weighted by atomic mass is 9.97. The van der Waals surface area contributed by atoms with Crippen molar-refractivity contribution in [1.29, 1.82) is 0 Å². The number of aromatic nitrogens is 2. The molecule has 5 rings (SSSR count). The Morgan fingerprint density at radius 3 is 2.62 bits per heavy atom. The summed E-state index contributed by atoms with van der Waals surface area (Å²) in [6, 6.07) is 8.24. The van der Waals surface area contributed by atoms with Crippen LogP contribution in [0.4, 0.5) is 4.79 Å². The monoisotopic (exact) mass is 523 g/mol. The number of amides is 2. The Labute approximate surface area is 220 Å². The van der Waals surface area contributed by atoms with Gasteiger partial charge in [-0.15, -0.1) is 0 Å². The molecule has 10 heteroatoms. The first-order valence-electron chi connectivity index (χ1n) is 12.3. The molecule has 3 atom stereocenters. The predicted molar refractivity (Wildman–Crippen MR) is 139 cm³/mol. The molecule has 9 nitrogen and oxygen atoms in total. The summed E-state index contributed by atoms with van der Waals surface area (Å²) in [5.41, 5.74) is 0.992. The minimum Gasteiger partial charge on any atom is -0.505 e. The lowest BCUT2D eigenvalue weighted by molar-refractivity contribution is -0.122. The topological polar surface area (TPSA) is 117 Å². The van der Waals surface area contributed by atoms with Crippen molar-refractivity contribution >= 4 is 34.5 Å². The number of carbonyl (C=O) groups excluding carboxylic acids is 2. The molecule has 1 aliphatic heterocycles. The van der Waals surface area contributed by atoms with Crippen LogP contribution in [0.1, 0.15) is 37.9 Å². The first-order valence-corrected chi connectivity index (χ1v) is 12.7. The van der Waals surface area contributed by atoms with Crippen molar-refractivity contribution in [3.63, 3.8) is 0 Å². The number of likely N-dealkylation sites (tertiary alicyclic amines) is 1. The lowest BCUT2D eigenvalue weighted by Gasteiger charge is -2.24. The Morgan fingerprint density at radius 1 is 1.22 bits per heavy atom. The Kier molecular flexibility index (Phi) is 6.68. The van der Waals surface area contributed by atoms with Crippen molar-refractivity contribution in [2.24, 2.45) is 11.8 Å². The average molecular weight is 524 g/mol. The second-order valence-electron chi connectivity index (χ2n) is 10.7. The van der Waals surface area contributed by atoms with Crippen LogP contribution >= 0.6 is 11.6 Å². The van der Waals surface area contributed by atoms with Crippen LogP contribution in [-0.2, 0) is 9.53 Å². The number of halogens is 1. The van der Waals surface area contributed by atoms with E-state index < -0.39 is 17.7 Å². The molecular formula is C27H30ClN5O4. The summed E-state index contributed by atoms with van der Waals surface area (Å²) in [5.74, 6) is 0.392. The summed E-state index contributed by atoms with van der Waals surface area (Å²) in [6.07, 6.45) is 4.48. The van der Waals surface area contributed by atoms with E-state index >= 15 is 0 Å². The molecule has 3 N–H and O–H groups in total. The number of hydrogen-bond donors (Lipinski definition) is 3. The number of piperidine rings is 1. The van der Waals surface area contributed by atoms with E-state index in [1.807, 2.05) is 26.8 Å². The maximum atomic E-state index is 13.2. The van der Waals surface area contributed by atoms with Crippen LogP contribution in [0.3, 0.4) is 0 Å². The van der Waals surface area contributed by atoms with Crippen molar-refractivity contribution < 1.29 is 19.4 Å². The number of benzene rings is 1. The second kappa shape index (κ2) is 9.79. The number of ether oxygens (including phenoxy) is 1. The molecule has 3 heterocycles. The van der Waals surface area contributed by atoms with Crippen LogP contribution in [0, 0.1) is 11.8 Å². The van der Waals surface area contributed by atoms with E-state index in [4.69, 9.17) is 16.3 Å². The predicted octanol–water partition coefficient (Wildman–Crippen LogP) is 3.65. The molecule has 194 valence electrons. The molecule has 2 fully saturated rings. The third kappa shape index (κ3) is 5.47. The van der Waals surface area contributed by atoms with E-state index in [1.165, 1.54) is 0 Å². The summed E-state index contributed by atoms with van der Waals surface area (Å²) < 4.78 is 5.35. The van der Waals surface area contributed by atoms with E-state index in [9.17, 15) is 14.7 Å². The van der Waals surface area contributed by atoms with Crippen molar-refractivity contribution in [3.05, 3.63) is 65.1 Å². The van der Waals surface area contributed by atoms with Gasteiger partial charge in [0.2, 0.25) is 5.91 Å². The van der Waals surface area contributed by atoms with Gasteiger partial charge >= 0.3 is 6.09 Å². The number of nitrogens with one attached hydrogen (secondary N) is 2. The second-order valence-corrected chi connectivity index (χ2v) is 11.1. The molecule has 1 saturated heterocycles. The molecule has 0 bridgehead atoms. The third-order valence-corrected chi connectivity index (χ3v) is 7.11. The summed E-state index contributed by atoms with van der Waals surface area (Å²) in [6.45, 7) is 7.13. The lowest BCUT2D eigenvalue weighted by Crippen LogP contribution is -2.42. The summed E-state index contributed by atoms with van der Waals surface area (Å²) in [7, 11) is 0. The minimum absolute atomic E-state index is 0.0346. The van der Waals surface area contributed by atoms with Gasteiger partial charge in [-0.3, -0.25) is 19.7 Å². The largest absolute Gasteiger partial charge is 0.505 e. The molecule has 37 heavy (non-hydrogen) atoms. The average Bonchev–Trinajstić information content (AvgIpc) is 3.27. The standard InChI is InChI=1S/C27H30ClN5O4/c1-27(2,3)37-26(36)32-23-18-12-33(13-19(18)23)14-21(34)31-22(15-6-4-8-29-11-15)17-10-20(28)16-7-5-9-30-24(16)25(17)35/h4-11,18-19,22-23,35H,12-14H2,1-3H3,(H,31,34)(H,32,36). The highest BCUT2D eigenvalue weighted by molar-refractivity contribution is 6.35. The molecule has 1 aliphatic carbocycles. The van der Waals surface area contributed by atoms with Gasteiger partial charge in [-0.25, -0.2) is 4.79 Å². The zero-order valence-corrected chi connectivity index (χ0v) is 21.7. The van der Waals surface area contributed by atoms with E-state index in [1.54, 1.807) is 42.9 Å². The molecule has 0 spiro atoms. The fourth-order valence-electron chi connectivity index (χ4n) is 5.12. The Hall–Kier alpha value is -3.43. The van der Waals surface area contributed by atoms with E-state index in [0.717, 1.165) is 0 Å². The van der Waals surface area contributed by atoms with Gasteiger partial charge in [0.05, 0.1) is 17.6 Å². The normalized spacial score (nSPS) is 21.8. The molecule has 3 unspecified atom stereocenters. The number of pyridine rings is 2. The van der Waals surface area contributed by atoms with Gasteiger partial charge in [0.1, 0.15) is 16.9 Å². The fraction of sp³-hybridized carbons (Fsp3) is 0.407. The van der Waals surface area contributed by atoms with Crippen LogP contribution in [0.2, 0.25) is 5.02 Å². The first kappa shape index (κ1) is 25.2. The molecule has 1 aromatic carbocycles. The fourth-order valence-corrected chi connectivity index (χ4v) is 5.39. The Bertz CT molecular complexity index is 1320. The highest BCUT2D eigenvalue weighted by Gasteiger charge is 2.56. The van der Waals surface area contributed by atoms with Crippen molar-refractivity contribution in [2.45, 2.75) is 38.5 Å². The number of carbonyl (C=O) groups is 2. The van der Waals surface area contributed by atoms with E-state index in [2.05, 4.69) is 25.5 Å². The van der Waals surface area contributed by atoms with Gasteiger partial charge in [0.25, 0.3) is 0 Å². The summed E-state index contributed by atoms with van der Waals surface area (Å²) in [5, 5.41) is 18.1.